The minimum atomic E-state index is -1.12. The van der Waals surface area contributed by atoms with Crippen LogP contribution in [0.3, 0.4) is 0 Å². The summed E-state index contributed by atoms with van der Waals surface area (Å²) in [5.74, 6) is -0.475. The van der Waals surface area contributed by atoms with Crippen LogP contribution in [0.2, 0.25) is 5.02 Å². The zero-order valence-electron chi connectivity index (χ0n) is 10.7. The van der Waals surface area contributed by atoms with E-state index in [-0.39, 0.29) is 13.2 Å². The maximum Gasteiger partial charge on any atom is 0.337 e. The predicted molar refractivity (Wildman–Crippen MR) is 72.8 cm³/mol. The fourth-order valence-electron chi connectivity index (χ4n) is 2.26. The van der Waals surface area contributed by atoms with Gasteiger partial charge in [0.05, 0.1) is 36.4 Å². The van der Waals surface area contributed by atoms with Gasteiger partial charge in [0.15, 0.2) is 0 Å². The molecule has 1 aromatic heterocycles. The third-order valence-corrected chi connectivity index (χ3v) is 3.56. The molecular weight excluding hydrogens is 282 g/mol. The van der Waals surface area contributed by atoms with Gasteiger partial charge in [0.25, 0.3) is 0 Å². The van der Waals surface area contributed by atoms with E-state index in [1.54, 1.807) is 18.2 Å². The number of methoxy groups -OCH3 is 1. The molecule has 1 aliphatic rings. The van der Waals surface area contributed by atoms with Crippen LogP contribution in [-0.4, -0.2) is 36.4 Å². The molecule has 1 aromatic carbocycles. The van der Waals surface area contributed by atoms with Crippen molar-refractivity contribution in [1.29, 1.82) is 0 Å². The quantitative estimate of drug-likeness (QED) is 0.857. The van der Waals surface area contributed by atoms with Gasteiger partial charge in [0.2, 0.25) is 0 Å². The number of esters is 1. The van der Waals surface area contributed by atoms with Crippen LogP contribution in [-0.2, 0) is 15.1 Å². The number of hydrogen-bond donors (Lipinski definition) is 1. The highest BCUT2D eigenvalue weighted by Gasteiger charge is 2.40. The standard InChI is InChI=1S/C14H12ClNO4/c1-19-13(17)9-2-8-3-10(15)5-16-12(8)11(4-9)14(18)6-20-7-14/h2-5,18H,6-7H2,1H3. The fourth-order valence-corrected chi connectivity index (χ4v) is 2.43. The van der Waals surface area contributed by atoms with Crippen LogP contribution in [0.4, 0.5) is 0 Å². The molecule has 0 unspecified atom stereocenters. The van der Waals surface area contributed by atoms with E-state index in [0.29, 0.717) is 27.1 Å². The highest BCUT2D eigenvalue weighted by Crippen LogP contribution is 2.35. The third kappa shape index (κ3) is 2.04. The second kappa shape index (κ2) is 4.70. The lowest BCUT2D eigenvalue weighted by molar-refractivity contribution is -0.183. The Labute approximate surface area is 120 Å². The Morgan fingerprint density at radius 2 is 2.20 bits per heavy atom. The van der Waals surface area contributed by atoms with Crippen LogP contribution in [0.15, 0.2) is 24.4 Å². The smallest absolute Gasteiger partial charge is 0.337 e. The van der Waals surface area contributed by atoms with E-state index in [0.717, 1.165) is 0 Å². The molecule has 5 nitrogen and oxygen atoms in total. The second-order valence-electron chi connectivity index (χ2n) is 4.77. The Morgan fingerprint density at radius 3 is 2.80 bits per heavy atom. The number of carbonyl (C=O) groups is 1. The summed E-state index contributed by atoms with van der Waals surface area (Å²) in [6.07, 6.45) is 1.51. The number of ether oxygens (including phenoxy) is 2. The summed E-state index contributed by atoms with van der Waals surface area (Å²) in [5, 5.41) is 11.6. The predicted octanol–water partition coefficient (Wildman–Crippen LogP) is 1.89. The molecule has 1 saturated heterocycles. The number of rotatable bonds is 2. The van der Waals surface area contributed by atoms with Gasteiger partial charge < -0.3 is 14.6 Å². The molecule has 2 aromatic rings. The minimum Gasteiger partial charge on any atom is -0.465 e. The first-order valence-electron chi connectivity index (χ1n) is 6.02. The van der Waals surface area contributed by atoms with Crippen molar-refractivity contribution in [2.24, 2.45) is 0 Å². The van der Waals surface area contributed by atoms with Crippen molar-refractivity contribution in [3.05, 3.63) is 40.5 Å². The zero-order chi connectivity index (χ0) is 14.3. The first-order valence-corrected chi connectivity index (χ1v) is 6.39. The number of hydrogen-bond acceptors (Lipinski definition) is 5. The van der Waals surface area contributed by atoms with Gasteiger partial charge in [-0.2, -0.15) is 0 Å². The van der Waals surface area contributed by atoms with Crippen molar-refractivity contribution >= 4 is 28.5 Å². The molecule has 6 heteroatoms. The average molecular weight is 294 g/mol. The molecule has 0 amide bonds. The van der Waals surface area contributed by atoms with Crippen molar-refractivity contribution in [1.82, 2.24) is 4.98 Å². The lowest BCUT2D eigenvalue weighted by Crippen LogP contribution is -2.46. The molecule has 1 aliphatic heterocycles. The van der Waals surface area contributed by atoms with Gasteiger partial charge >= 0.3 is 5.97 Å². The average Bonchev–Trinajstić information content (AvgIpc) is 2.42. The Balaban J connectivity index is 2.27. The van der Waals surface area contributed by atoms with Gasteiger partial charge in [-0.3, -0.25) is 4.98 Å². The molecule has 1 N–H and O–H groups in total. The summed E-state index contributed by atoms with van der Waals surface area (Å²) in [6, 6.07) is 4.94. The fraction of sp³-hybridized carbons (Fsp3) is 0.286. The highest BCUT2D eigenvalue weighted by molar-refractivity contribution is 6.31. The van der Waals surface area contributed by atoms with Gasteiger partial charge in [-0.15, -0.1) is 0 Å². The summed E-state index contributed by atoms with van der Waals surface area (Å²) in [6.45, 7) is 0.355. The molecular formula is C14H12ClNO4. The number of fused-ring (bicyclic) bond motifs is 1. The Hall–Kier alpha value is -1.69. The van der Waals surface area contributed by atoms with Crippen LogP contribution in [0.1, 0.15) is 15.9 Å². The van der Waals surface area contributed by atoms with Gasteiger partial charge in [-0.25, -0.2) is 4.79 Å². The van der Waals surface area contributed by atoms with E-state index >= 15 is 0 Å². The number of benzene rings is 1. The second-order valence-corrected chi connectivity index (χ2v) is 5.20. The van der Waals surface area contributed by atoms with Crippen molar-refractivity contribution in [3.63, 3.8) is 0 Å². The monoisotopic (exact) mass is 293 g/mol. The number of aromatic nitrogens is 1. The van der Waals surface area contributed by atoms with Crippen LogP contribution in [0.5, 0.6) is 0 Å². The molecule has 0 bridgehead atoms. The number of aliphatic hydroxyl groups is 1. The van der Waals surface area contributed by atoms with Crippen LogP contribution in [0.25, 0.3) is 10.9 Å². The molecule has 3 rings (SSSR count). The van der Waals surface area contributed by atoms with Gasteiger partial charge in [0, 0.05) is 17.1 Å². The number of halogens is 1. The summed E-state index contributed by atoms with van der Waals surface area (Å²) < 4.78 is 9.80. The van der Waals surface area contributed by atoms with Crippen molar-refractivity contribution in [2.45, 2.75) is 5.60 Å². The highest BCUT2D eigenvalue weighted by atomic mass is 35.5. The molecule has 1 fully saturated rings. The van der Waals surface area contributed by atoms with E-state index in [1.165, 1.54) is 13.3 Å². The summed E-state index contributed by atoms with van der Waals surface area (Å²) in [7, 11) is 1.31. The lowest BCUT2D eigenvalue weighted by Gasteiger charge is -2.37. The van der Waals surface area contributed by atoms with Gasteiger partial charge in [-0.1, -0.05) is 11.6 Å². The van der Waals surface area contributed by atoms with Gasteiger partial charge in [-0.05, 0) is 18.2 Å². The zero-order valence-corrected chi connectivity index (χ0v) is 11.5. The molecule has 20 heavy (non-hydrogen) atoms. The van der Waals surface area contributed by atoms with E-state index in [4.69, 9.17) is 21.1 Å². The van der Waals surface area contributed by atoms with Crippen LogP contribution >= 0.6 is 11.6 Å². The molecule has 0 saturated carbocycles. The molecule has 0 atom stereocenters. The number of nitrogens with zero attached hydrogens (tertiary/aromatic N) is 1. The Kier molecular flexibility index (Phi) is 3.12. The summed E-state index contributed by atoms with van der Waals surface area (Å²) in [4.78, 5) is 16.0. The Morgan fingerprint density at radius 1 is 1.45 bits per heavy atom. The molecule has 0 radical (unpaired) electrons. The number of carbonyl (C=O) groups excluding carboxylic acids is 1. The molecule has 0 spiro atoms. The minimum absolute atomic E-state index is 0.178. The van der Waals surface area contributed by atoms with Crippen molar-refractivity contribution in [3.8, 4) is 0 Å². The van der Waals surface area contributed by atoms with Crippen molar-refractivity contribution in [2.75, 3.05) is 20.3 Å². The molecule has 2 heterocycles. The first kappa shape index (κ1) is 13.3. The normalized spacial score (nSPS) is 16.8. The molecule has 104 valence electrons. The van der Waals surface area contributed by atoms with E-state index < -0.39 is 11.6 Å². The van der Waals surface area contributed by atoms with E-state index in [9.17, 15) is 9.90 Å². The van der Waals surface area contributed by atoms with Crippen LogP contribution < -0.4 is 0 Å². The third-order valence-electron chi connectivity index (χ3n) is 3.35. The molecule has 0 aliphatic carbocycles. The maximum atomic E-state index is 11.7. The van der Waals surface area contributed by atoms with Gasteiger partial charge in [0.1, 0.15) is 5.60 Å². The number of pyridine rings is 1. The van der Waals surface area contributed by atoms with E-state index in [2.05, 4.69) is 4.98 Å². The largest absolute Gasteiger partial charge is 0.465 e. The van der Waals surface area contributed by atoms with Crippen LogP contribution in [0, 0.1) is 0 Å². The first-order chi connectivity index (χ1) is 9.53. The van der Waals surface area contributed by atoms with E-state index in [1.807, 2.05) is 0 Å². The Bertz CT molecular complexity index is 697. The summed E-state index contributed by atoms with van der Waals surface area (Å²) >= 11 is 5.93. The van der Waals surface area contributed by atoms with Crippen molar-refractivity contribution < 1.29 is 19.4 Å². The SMILES string of the molecule is COC(=O)c1cc(C2(O)COC2)c2ncc(Cl)cc2c1. The summed E-state index contributed by atoms with van der Waals surface area (Å²) in [5.41, 5.74) is 0.383. The topological polar surface area (TPSA) is 68.7 Å². The lowest BCUT2D eigenvalue weighted by atomic mass is 9.88. The maximum absolute atomic E-state index is 11.7.